The fourth-order valence-corrected chi connectivity index (χ4v) is 2.88. The van der Waals surface area contributed by atoms with Gasteiger partial charge in [0.15, 0.2) is 0 Å². The van der Waals surface area contributed by atoms with Crippen LogP contribution < -0.4 is 10.2 Å². The third-order valence-electron chi connectivity index (χ3n) is 3.94. The molecule has 1 N–H and O–H groups in total. The van der Waals surface area contributed by atoms with Crippen LogP contribution in [0.25, 0.3) is 0 Å². The Hall–Kier alpha value is -1.29. The Morgan fingerprint density at radius 3 is 3.00 bits per heavy atom. The maximum absolute atomic E-state index is 4.32. The van der Waals surface area contributed by atoms with Crippen LogP contribution in [0, 0.1) is 0 Å². The maximum atomic E-state index is 4.32. The van der Waals surface area contributed by atoms with Crippen molar-refractivity contribution in [1.29, 1.82) is 0 Å². The lowest BCUT2D eigenvalue weighted by Gasteiger charge is -2.29. The highest BCUT2D eigenvalue weighted by Crippen LogP contribution is 2.21. The lowest BCUT2D eigenvalue weighted by atomic mass is 10.2. The second kappa shape index (κ2) is 6.75. The number of anilines is 2. The van der Waals surface area contributed by atoms with Gasteiger partial charge in [-0.2, -0.15) is 0 Å². The number of likely N-dealkylation sites (N-methyl/N-ethyl adjacent to an activating group) is 2. The first-order valence-corrected chi connectivity index (χ1v) is 7.38. The summed E-state index contributed by atoms with van der Waals surface area (Å²) in [6.45, 7) is 8.80. The number of rotatable bonds is 6. The Bertz CT molecular complexity index is 393. The molecule has 0 spiro atoms. The molecule has 0 bridgehead atoms. The summed E-state index contributed by atoms with van der Waals surface area (Å²) in [6.07, 6.45) is 6.49. The summed E-state index contributed by atoms with van der Waals surface area (Å²) < 4.78 is 0. The van der Waals surface area contributed by atoms with E-state index in [9.17, 15) is 0 Å². The highest BCUT2D eigenvalue weighted by Gasteiger charge is 2.24. The Balaban J connectivity index is 1.98. The van der Waals surface area contributed by atoms with Gasteiger partial charge in [-0.15, -0.1) is 0 Å². The topological polar surface area (TPSA) is 31.4 Å². The van der Waals surface area contributed by atoms with Crippen molar-refractivity contribution in [1.82, 2.24) is 9.88 Å². The quantitative estimate of drug-likeness (QED) is 0.853. The molecule has 0 amide bonds. The monoisotopic (exact) mass is 262 g/mol. The molecule has 0 radical (unpaired) electrons. The average Bonchev–Trinajstić information content (AvgIpc) is 2.86. The lowest BCUT2D eigenvalue weighted by molar-refractivity contribution is 0.270. The van der Waals surface area contributed by atoms with Crippen LogP contribution in [0.1, 0.15) is 26.7 Å². The van der Waals surface area contributed by atoms with Crippen molar-refractivity contribution in [3.63, 3.8) is 0 Å². The zero-order valence-electron chi connectivity index (χ0n) is 12.4. The molecule has 1 saturated heterocycles. The van der Waals surface area contributed by atoms with Crippen molar-refractivity contribution >= 4 is 11.4 Å². The van der Waals surface area contributed by atoms with Crippen molar-refractivity contribution in [2.75, 3.05) is 43.4 Å². The van der Waals surface area contributed by atoms with E-state index in [0.717, 1.165) is 25.3 Å². The number of hydrogen-bond acceptors (Lipinski definition) is 4. The standard InChI is InChI=1S/C15H26N4/c1-4-17-13-9-15(11-16-10-13)18(3)12-14-7-6-8-19(14)5-2/h9-11,14,17H,4-8,12H2,1-3H3. The maximum Gasteiger partial charge on any atom is 0.0571 e. The zero-order valence-corrected chi connectivity index (χ0v) is 12.4. The van der Waals surface area contributed by atoms with Crippen LogP contribution in [0.4, 0.5) is 11.4 Å². The minimum Gasteiger partial charge on any atom is -0.384 e. The average molecular weight is 262 g/mol. The van der Waals surface area contributed by atoms with Gasteiger partial charge in [0, 0.05) is 26.2 Å². The van der Waals surface area contributed by atoms with Crippen LogP contribution >= 0.6 is 0 Å². The van der Waals surface area contributed by atoms with E-state index in [2.05, 4.69) is 47.1 Å². The molecule has 2 rings (SSSR count). The SMILES string of the molecule is CCNc1cncc(N(C)CC2CCCN2CC)c1. The predicted octanol–water partition coefficient (Wildman–Crippen LogP) is 2.43. The highest BCUT2D eigenvalue weighted by atomic mass is 15.2. The molecule has 1 aromatic rings. The van der Waals surface area contributed by atoms with Crippen LogP contribution in [0.3, 0.4) is 0 Å². The smallest absolute Gasteiger partial charge is 0.0571 e. The van der Waals surface area contributed by atoms with E-state index in [4.69, 9.17) is 0 Å². The van der Waals surface area contributed by atoms with Gasteiger partial charge >= 0.3 is 0 Å². The van der Waals surface area contributed by atoms with Crippen LogP contribution in [-0.4, -0.2) is 49.2 Å². The Morgan fingerprint density at radius 2 is 2.26 bits per heavy atom. The summed E-state index contributed by atoms with van der Waals surface area (Å²) >= 11 is 0. The molecule has 4 heteroatoms. The first kappa shape index (κ1) is 14.1. The molecule has 0 aliphatic carbocycles. The van der Waals surface area contributed by atoms with Crippen LogP contribution in [0.2, 0.25) is 0 Å². The van der Waals surface area contributed by atoms with E-state index in [0.29, 0.717) is 6.04 Å². The number of nitrogens with zero attached hydrogens (tertiary/aromatic N) is 3. The summed E-state index contributed by atoms with van der Waals surface area (Å²) in [6, 6.07) is 2.87. The van der Waals surface area contributed by atoms with Crippen LogP contribution in [0.15, 0.2) is 18.5 Å². The highest BCUT2D eigenvalue weighted by molar-refractivity contribution is 5.55. The molecule has 1 fully saturated rings. The second-order valence-electron chi connectivity index (χ2n) is 5.27. The third kappa shape index (κ3) is 3.60. The summed E-state index contributed by atoms with van der Waals surface area (Å²) in [5.41, 5.74) is 2.30. The van der Waals surface area contributed by atoms with Gasteiger partial charge in [-0.1, -0.05) is 6.92 Å². The second-order valence-corrected chi connectivity index (χ2v) is 5.27. The first-order valence-electron chi connectivity index (χ1n) is 7.38. The summed E-state index contributed by atoms with van der Waals surface area (Å²) in [5.74, 6) is 0. The van der Waals surface area contributed by atoms with E-state index in [1.807, 2.05) is 12.4 Å². The lowest BCUT2D eigenvalue weighted by Crippen LogP contribution is -2.38. The van der Waals surface area contributed by atoms with Gasteiger partial charge in [0.05, 0.1) is 23.8 Å². The number of pyridine rings is 1. The van der Waals surface area contributed by atoms with E-state index in [-0.39, 0.29) is 0 Å². The van der Waals surface area contributed by atoms with Gasteiger partial charge < -0.3 is 10.2 Å². The Kier molecular flexibility index (Phi) is 5.02. The number of aromatic nitrogens is 1. The number of nitrogens with one attached hydrogen (secondary N) is 1. The van der Waals surface area contributed by atoms with Crippen LogP contribution in [-0.2, 0) is 0 Å². The molecule has 19 heavy (non-hydrogen) atoms. The zero-order chi connectivity index (χ0) is 13.7. The third-order valence-corrected chi connectivity index (χ3v) is 3.94. The van der Waals surface area contributed by atoms with Crippen molar-refractivity contribution < 1.29 is 0 Å². The molecule has 0 aromatic carbocycles. The molecule has 1 aliphatic heterocycles. The Morgan fingerprint density at radius 1 is 1.42 bits per heavy atom. The van der Waals surface area contributed by atoms with E-state index in [1.165, 1.54) is 25.1 Å². The van der Waals surface area contributed by atoms with Crippen molar-refractivity contribution in [2.45, 2.75) is 32.7 Å². The van der Waals surface area contributed by atoms with E-state index in [1.54, 1.807) is 0 Å². The van der Waals surface area contributed by atoms with Crippen LogP contribution in [0.5, 0.6) is 0 Å². The van der Waals surface area contributed by atoms with Crippen molar-refractivity contribution in [3.05, 3.63) is 18.5 Å². The number of likely N-dealkylation sites (tertiary alicyclic amines) is 1. The van der Waals surface area contributed by atoms with Gasteiger partial charge in [0.25, 0.3) is 0 Å². The normalized spacial score (nSPS) is 19.6. The fourth-order valence-electron chi connectivity index (χ4n) is 2.88. The largest absolute Gasteiger partial charge is 0.384 e. The molecule has 2 heterocycles. The summed E-state index contributed by atoms with van der Waals surface area (Å²) in [4.78, 5) is 9.23. The molecule has 1 atom stereocenters. The van der Waals surface area contributed by atoms with Crippen molar-refractivity contribution in [3.8, 4) is 0 Å². The molecular weight excluding hydrogens is 236 g/mol. The summed E-state index contributed by atoms with van der Waals surface area (Å²) in [7, 11) is 2.17. The minimum absolute atomic E-state index is 0.692. The van der Waals surface area contributed by atoms with Crippen molar-refractivity contribution in [2.24, 2.45) is 0 Å². The van der Waals surface area contributed by atoms with Gasteiger partial charge in [0.2, 0.25) is 0 Å². The summed E-state index contributed by atoms with van der Waals surface area (Å²) in [5, 5.41) is 3.32. The minimum atomic E-state index is 0.692. The van der Waals surface area contributed by atoms with Gasteiger partial charge in [-0.05, 0) is 38.9 Å². The molecular formula is C15H26N4. The van der Waals surface area contributed by atoms with E-state index >= 15 is 0 Å². The van der Waals surface area contributed by atoms with Gasteiger partial charge in [-0.25, -0.2) is 0 Å². The molecule has 4 nitrogen and oxygen atoms in total. The predicted molar refractivity (Wildman–Crippen MR) is 81.9 cm³/mol. The molecule has 106 valence electrons. The van der Waals surface area contributed by atoms with Gasteiger partial charge in [-0.3, -0.25) is 9.88 Å². The first-order chi connectivity index (χ1) is 9.24. The van der Waals surface area contributed by atoms with E-state index < -0.39 is 0 Å². The molecule has 1 aromatic heterocycles. The molecule has 1 aliphatic rings. The van der Waals surface area contributed by atoms with Gasteiger partial charge in [0.1, 0.15) is 0 Å². The Labute approximate surface area is 116 Å². The molecule has 0 saturated carbocycles. The molecule has 1 unspecified atom stereocenters. The fraction of sp³-hybridized carbons (Fsp3) is 0.667. The number of hydrogen-bond donors (Lipinski definition) is 1.